The molecule has 0 aliphatic carbocycles. The van der Waals surface area contributed by atoms with Crippen LogP contribution in [0.5, 0.6) is 5.75 Å². The number of benzene rings is 2. The number of hydrogen-bond donors (Lipinski definition) is 2. The molecule has 8 heteroatoms. The highest BCUT2D eigenvalue weighted by Gasteiger charge is 2.20. The van der Waals surface area contributed by atoms with E-state index in [-0.39, 0.29) is 12.3 Å². The molecular weight excluding hydrogens is 347 g/mol. The van der Waals surface area contributed by atoms with Crippen LogP contribution in [0.1, 0.15) is 18.0 Å². The summed E-state index contributed by atoms with van der Waals surface area (Å²) in [7, 11) is -2.01. The molecule has 0 saturated heterocycles. The van der Waals surface area contributed by atoms with Gasteiger partial charge in [-0.1, -0.05) is 12.1 Å². The Balaban J connectivity index is 2.11. The summed E-state index contributed by atoms with van der Waals surface area (Å²) in [6.45, 7) is 0. The topological polar surface area (TPSA) is 84.5 Å². The number of carbonyl (C=O) groups is 1. The number of rotatable bonds is 7. The zero-order chi connectivity index (χ0) is 18.4. The molecule has 25 heavy (non-hydrogen) atoms. The highest BCUT2D eigenvalue weighted by atomic mass is 32.2. The average Bonchev–Trinajstić information content (AvgIpc) is 2.54. The Kier molecular flexibility index (Phi) is 6.11. The van der Waals surface area contributed by atoms with Crippen molar-refractivity contribution in [1.29, 1.82) is 0 Å². The third-order valence-corrected chi connectivity index (χ3v) is 4.10. The van der Waals surface area contributed by atoms with Crippen molar-refractivity contribution in [2.75, 3.05) is 18.7 Å². The summed E-state index contributed by atoms with van der Waals surface area (Å²) < 4.78 is 43.6. The standard InChI is InChI=1S/C17H19FN2O4S/c1-24-15-9-7-14(8-10-15)19-17(21)11-16(20-25(2,22)23)12-3-5-13(18)6-4-12/h3-10,16,20H,11H2,1-2H3,(H,19,21)/t16-/m1/s1. The minimum absolute atomic E-state index is 0.134. The van der Waals surface area contributed by atoms with Gasteiger partial charge in [-0.05, 0) is 42.0 Å². The molecule has 0 aliphatic rings. The van der Waals surface area contributed by atoms with Crippen molar-refractivity contribution in [2.24, 2.45) is 0 Å². The monoisotopic (exact) mass is 366 g/mol. The molecule has 0 heterocycles. The maximum Gasteiger partial charge on any atom is 0.226 e. The number of ether oxygens (including phenoxy) is 1. The van der Waals surface area contributed by atoms with E-state index in [4.69, 9.17) is 4.74 Å². The zero-order valence-corrected chi connectivity index (χ0v) is 14.6. The first kappa shape index (κ1) is 18.9. The van der Waals surface area contributed by atoms with Gasteiger partial charge in [0.1, 0.15) is 11.6 Å². The van der Waals surface area contributed by atoms with Crippen LogP contribution >= 0.6 is 0 Å². The van der Waals surface area contributed by atoms with E-state index in [9.17, 15) is 17.6 Å². The van der Waals surface area contributed by atoms with E-state index >= 15 is 0 Å². The van der Waals surface area contributed by atoms with Gasteiger partial charge in [0.2, 0.25) is 15.9 Å². The van der Waals surface area contributed by atoms with E-state index in [2.05, 4.69) is 10.0 Å². The lowest BCUT2D eigenvalue weighted by Gasteiger charge is -2.18. The number of amides is 1. The number of sulfonamides is 1. The van der Waals surface area contributed by atoms with Gasteiger partial charge in [0.15, 0.2) is 0 Å². The van der Waals surface area contributed by atoms with E-state index < -0.39 is 21.9 Å². The number of halogens is 1. The third-order valence-electron chi connectivity index (χ3n) is 3.39. The summed E-state index contributed by atoms with van der Waals surface area (Å²) in [5.74, 6) is -0.166. The van der Waals surface area contributed by atoms with Crippen LogP contribution in [0.3, 0.4) is 0 Å². The summed E-state index contributed by atoms with van der Waals surface area (Å²) in [4.78, 5) is 12.3. The molecule has 2 aromatic rings. The fourth-order valence-electron chi connectivity index (χ4n) is 2.25. The fourth-order valence-corrected chi connectivity index (χ4v) is 2.99. The molecule has 0 unspecified atom stereocenters. The first-order valence-corrected chi connectivity index (χ1v) is 9.32. The van der Waals surface area contributed by atoms with Gasteiger partial charge in [0, 0.05) is 12.1 Å². The van der Waals surface area contributed by atoms with Crippen molar-refractivity contribution in [1.82, 2.24) is 4.72 Å². The molecule has 2 rings (SSSR count). The highest BCUT2D eigenvalue weighted by molar-refractivity contribution is 7.88. The number of nitrogens with one attached hydrogen (secondary N) is 2. The molecule has 0 saturated carbocycles. The quantitative estimate of drug-likeness (QED) is 0.788. The first-order chi connectivity index (χ1) is 11.8. The number of carbonyl (C=O) groups excluding carboxylic acids is 1. The Morgan fingerprint density at radius 2 is 1.72 bits per heavy atom. The van der Waals surface area contributed by atoms with Crippen LogP contribution in [0, 0.1) is 5.82 Å². The Morgan fingerprint density at radius 1 is 1.12 bits per heavy atom. The zero-order valence-electron chi connectivity index (χ0n) is 13.8. The van der Waals surface area contributed by atoms with E-state index in [1.54, 1.807) is 24.3 Å². The van der Waals surface area contributed by atoms with Crippen LogP contribution in [0.2, 0.25) is 0 Å². The van der Waals surface area contributed by atoms with Gasteiger partial charge >= 0.3 is 0 Å². The number of hydrogen-bond acceptors (Lipinski definition) is 4. The van der Waals surface area contributed by atoms with Crippen molar-refractivity contribution >= 4 is 21.6 Å². The predicted molar refractivity (Wildman–Crippen MR) is 93.4 cm³/mol. The minimum atomic E-state index is -3.55. The van der Waals surface area contributed by atoms with E-state index in [0.717, 1.165) is 6.26 Å². The van der Waals surface area contributed by atoms with E-state index in [1.165, 1.54) is 31.4 Å². The van der Waals surface area contributed by atoms with Gasteiger partial charge in [-0.15, -0.1) is 0 Å². The molecule has 1 atom stereocenters. The van der Waals surface area contributed by atoms with Gasteiger partial charge in [0.25, 0.3) is 0 Å². The molecule has 0 aromatic heterocycles. The van der Waals surface area contributed by atoms with Gasteiger partial charge in [-0.3, -0.25) is 4.79 Å². The average molecular weight is 366 g/mol. The van der Waals surface area contributed by atoms with Crippen molar-refractivity contribution < 1.29 is 22.3 Å². The molecule has 0 radical (unpaired) electrons. The van der Waals surface area contributed by atoms with Crippen LogP contribution < -0.4 is 14.8 Å². The Hall–Kier alpha value is -2.45. The summed E-state index contributed by atoms with van der Waals surface area (Å²) in [5, 5.41) is 2.69. The molecule has 0 fully saturated rings. The second-order valence-corrected chi connectivity index (χ2v) is 7.25. The summed E-state index contributed by atoms with van der Waals surface area (Å²) >= 11 is 0. The van der Waals surface area contributed by atoms with Crippen LogP contribution in [-0.2, 0) is 14.8 Å². The van der Waals surface area contributed by atoms with Gasteiger partial charge in [-0.2, -0.15) is 0 Å². The molecule has 134 valence electrons. The van der Waals surface area contributed by atoms with Crippen molar-refractivity contribution in [2.45, 2.75) is 12.5 Å². The maximum atomic E-state index is 13.1. The first-order valence-electron chi connectivity index (χ1n) is 7.43. The highest BCUT2D eigenvalue weighted by Crippen LogP contribution is 2.20. The largest absolute Gasteiger partial charge is 0.497 e. The van der Waals surface area contributed by atoms with Gasteiger partial charge in [-0.25, -0.2) is 17.5 Å². The molecular formula is C17H19FN2O4S. The van der Waals surface area contributed by atoms with E-state index in [1.807, 2.05) is 0 Å². The molecule has 6 nitrogen and oxygen atoms in total. The molecule has 2 aromatic carbocycles. The van der Waals surface area contributed by atoms with E-state index in [0.29, 0.717) is 17.0 Å². The van der Waals surface area contributed by atoms with Gasteiger partial charge in [0.05, 0.1) is 19.4 Å². The number of anilines is 1. The second kappa shape index (κ2) is 8.09. The van der Waals surface area contributed by atoms with Crippen molar-refractivity contribution in [3.05, 3.63) is 59.9 Å². The lowest BCUT2D eigenvalue weighted by Crippen LogP contribution is -2.30. The Labute approximate surface area is 146 Å². The maximum absolute atomic E-state index is 13.1. The molecule has 1 amide bonds. The summed E-state index contributed by atoms with van der Waals surface area (Å²) in [5.41, 5.74) is 1.06. The Morgan fingerprint density at radius 3 is 2.24 bits per heavy atom. The second-order valence-electron chi connectivity index (χ2n) is 5.47. The van der Waals surface area contributed by atoms with Crippen LogP contribution in [0.15, 0.2) is 48.5 Å². The van der Waals surface area contributed by atoms with Crippen molar-refractivity contribution in [3.63, 3.8) is 0 Å². The SMILES string of the molecule is COc1ccc(NC(=O)C[C@@H](NS(C)(=O)=O)c2ccc(F)cc2)cc1. The minimum Gasteiger partial charge on any atom is -0.497 e. The van der Waals surface area contributed by atoms with Crippen LogP contribution in [0.4, 0.5) is 10.1 Å². The van der Waals surface area contributed by atoms with Crippen molar-refractivity contribution in [3.8, 4) is 5.75 Å². The molecule has 0 spiro atoms. The third kappa shape index (κ3) is 6.17. The lowest BCUT2D eigenvalue weighted by atomic mass is 10.0. The molecule has 0 aliphatic heterocycles. The van der Waals surface area contributed by atoms with Crippen LogP contribution in [0.25, 0.3) is 0 Å². The number of methoxy groups -OCH3 is 1. The fraction of sp³-hybridized carbons (Fsp3) is 0.235. The Bertz CT molecular complexity index is 821. The molecule has 2 N–H and O–H groups in total. The predicted octanol–water partition coefficient (Wildman–Crippen LogP) is 2.45. The van der Waals surface area contributed by atoms with Crippen LogP contribution in [-0.4, -0.2) is 27.7 Å². The molecule has 0 bridgehead atoms. The summed E-state index contributed by atoms with van der Waals surface area (Å²) in [6, 6.07) is 11.3. The van der Waals surface area contributed by atoms with Gasteiger partial charge < -0.3 is 10.1 Å². The summed E-state index contributed by atoms with van der Waals surface area (Å²) in [6.07, 6.45) is 0.871. The lowest BCUT2D eigenvalue weighted by molar-refractivity contribution is -0.116. The smallest absolute Gasteiger partial charge is 0.226 e. The normalized spacial score (nSPS) is 12.4.